The molecule has 14 heavy (non-hydrogen) atoms. The first-order chi connectivity index (χ1) is 6.36. The summed E-state index contributed by atoms with van der Waals surface area (Å²) in [7, 11) is 0. The first-order valence-corrected chi connectivity index (χ1v) is 4.00. The predicted octanol–water partition coefficient (Wildman–Crippen LogP) is 1.11. The highest BCUT2D eigenvalue weighted by Crippen LogP contribution is 2.30. The monoisotopic (exact) mass is 238 g/mol. The van der Waals surface area contributed by atoms with E-state index in [1.807, 2.05) is 0 Å². The maximum Gasteiger partial charge on any atom is 0.414 e. The third-order valence-corrected chi connectivity index (χ3v) is 1.91. The molecule has 8 heteroatoms. The van der Waals surface area contributed by atoms with Crippen molar-refractivity contribution in [1.82, 2.24) is 4.90 Å². The van der Waals surface area contributed by atoms with E-state index in [9.17, 15) is 9.59 Å². The van der Waals surface area contributed by atoms with Crippen molar-refractivity contribution in [3.05, 3.63) is 11.9 Å². The molecule has 0 saturated carbocycles. The first kappa shape index (κ1) is 10.8. The molecule has 2 N–H and O–H groups in total. The molecule has 6 nitrogen and oxygen atoms in total. The van der Waals surface area contributed by atoms with Gasteiger partial charge in [-0.25, -0.2) is 14.5 Å². The lowest BCUT2D eigenvalue weighted by Crippen LogP contribution is -2.47. The third kappa shape index (κ3) is 1.80. The summed E-state index contributed by atoms with van der Waals surface area (Å²) in [6.45, 7) is 0. The first-order valence-electron chi connectivity index (χ1n) is 3.25. The number of hydrogen-bond acceptors (Lipinski definition) is 3. The molecule has 0 unspecified atom stereocenters. The van der Waals surface area contributed by atoms with E-state index in [0.29, 0.717) is 4.90 Å². The van der Waals surface area contributed by atoms with Crippen LogP contribution >= 0.6 is 23.2 Å². The molecule has 0 saturated heterocycles. The number of aliphatic carboxylic acids is 1. The number of hydrogen-bond donors (Lipinski definition) is 2. The van der Waals surface area contributed by atoms with Crippen LogP contribution in [-0.4, -0.2) is 37.8 Å². The number of aliphatic imine (C=N–C) groups is 1. The van der Waals surface area contributed by atoms with Crippen molar-refractivity contribution in [2.45, 2.75) is 4.46 Å². The second-order valence-electron chi connectivity index (χ2n) is 2.30. The Labute approximate surface area is 88.0 Å². The standard InChI is InChI=1S/C6H4Cl2N2O4/c7-6(8)2-9-1-3(4(11)12)10(6)5(13)14/h1-2H,(H,11,12)(H,13,14). The van der Waals surface area contributed by atoms with Crippen LogP contribution in [0.25, 0.3) is 0 Å². The van der Waals surface area contributed by atoms with Crippen LogP contribution in [0.15, 0.2) is 16.9 Å². The lowest BCUT2D eigenvalue weighted by atomic mass is 10.3. The molecule has 0 aromatic heterocycles. The average Bonchev–Trinajstić information content (AvgIpc) is 2.00. The van der Waals surface area contributed by atoms with Gasteiger partial charge in [-0.05, 0) is 0 Å². The summed E-state index contributed by atoms with van der Waals surface area (Å²) in [5.41, 5.74) is -0.606. The van der Waals surface area contributed by atoms with E-state index in [0.717, 1.165) is 12.4 Å². The molecule has 0 aliphatic carbocycles. The number of amides is 1. The molecule has 0 bridgehead atoms. The number of carboxylic acid groups (broad SMARTS) is 2. The number of halogens is 2. The Balaban J connectivity index is 3.17. The maximum atomic E-state index is 10.7. The average molecular weight is 239 g/mol. The molecule has 0 radical (unpaired) electrons. The van der Waals surface area contributed by atoms with Gasteiger partial charge in [0.15, 0.2) is 5.70 Å². The van der Waals surface area contributed by atoms with Gasteiger partial charge in [0, 0.05) is 0 Å². The molecule has 1 heterocycles. The lowest BCUT2D eigenvalue weighted by Gasteiger charge is -2.30. The Kier molecular flexibility index (Phi) is 2.68. The zero-order valence-corrected chi connectivity index (χ0v) is 8.03. The Morgan fingerprint density at radius 3 is 2.36 bits per heavy atom. The van der Waals surface area contributed by atoms with Crippen LogP contribution in [0.1, 0.15) is 0 Å². The van der Waals surface area contributed by atoms with Gasteiger partial charge in [-0.2, -0.15) is 0 Å². The largest absolute Gasteiger partial charge is 0.477 e. The Bertz CT molecular complexity index is 350. The SMILES string of the molecule is O=C(O)C1=CN=CC(Cl)(Cl)N1C(=O)O. The number of carbonyl (C=O) groups is 2. The van der Waals surface area contributed by atoms with E-state index in [4.69, 9.17) is 33.4 Å². The summed E-state index contributed by atoms with van der Waals surface area (Å²) in [6.07, 6.45) is 0.186. The molecule has 1 rings (SSSR count). The second-order valence-corrected chi connectivity index (χ2v) is 3.65. The summed E-state index contributed by atoms with van der Waals surface area (Å²) >= 11 is 11.1. The van der Waals surface area contributed by atoms with Crippen LogP contribution in [-0.2, 0) is 4.79 Å². The highest BCUT2D eigenvalue weighted by Gasteiger charge is 2.41. The molecule has 0 spiro atoms. The van der Waals surface area contributed by atoms with Gasteiger partial charge in [-0.3, -0.25) is 4.99 Å². The highest BCUT2D eigenvalue weighted by atomic mass is 35.5. The van der Waals surface area contributed by atoms with Gasteiger partial charge >= 0.3 is 12.1 Å². The van der Waals surface area contributed by atoms with Gasteiger partial charge in [0.1, 0.15) is 0 Å². The second kappa shape index (κ2) is 3.47. The van der Waals surface area contributed by atoms with E-state index >= 15 is 0 Å². The van der Waals surface area contributed by atoms with Gasteiger partial charge in [0.25, 0.3) is 0 Å². The minimum absolute atomic E-state index is 0.297. The lowest BCUT2D eigenvalue weighted by molar-refractivity contribution is -0.134. The van der Waals surface area contributed by atoms with E-state index < -0.39 is 22.2 Å². The maximum absolute atomic E-state index is 10.7. The van der Waals surface area contributed by atoms with Gasteiger partial charge in [0.2, 0.25) is 4.46 Å². The smallest absolute Gasteiger partial charge is 0.414 e. The molecule has 1 aliphatic rings. The zero-order valence-electron chi connectivity index (χ0n) is 6.52. The van der Waals surface area contributed by atoms with Gasteiger partial charge in [-0.1, -0.05) is 23.2 Å². The van der Waals surface area contributed by atoms with Crippen LogP contribution < -0.4 is 0 Å². The van der Waals surface area contributed by atoms with E-state index in [-0.39, 0.29) is 0 Å². The number of rotatable bonds is 1. The summed E-state index contributed by atoms with van der Waals surface area (Å²) < 4.78 is -1.99. The molecule has 1 aliphatic heterocycles. The summed E-state index contributed by atoms with van der Waals surface area (Å²) in [6, 6.07) is 0. The van der Waals surface area contributed by atoms with Crippen molar-refractivity contribution in [2.24, 2.45) is 4.99 Å². The number of alkyl halides is 2. The van der Waals surface area contributed by atoms with Crippen LogP contribution in [0.4, 0.5) is 4.79 Å². The van der Waals surface area contributed by atoms with E-state index in [2.05, 4.69) is 4.99 Å². The van der Waals surface area contributed by atoms with Crippen molar-refractivity contribution in [3.63, 3.8) is 0 Å². The van der Waals surface area contributed by atoms with E-state index in [1.165, 1.54) is 0 Å². The molecule has 0 fully saturated rings. The summed E-state index contributed by atoms with van der Waals surface area (Å²) in [4.78, 5) is 25.0. The van der Waals surface area contributed by atoms with Crippen molar-refractivity contribution in [2.75, 3.05) is 0 Å². The third-order valence-electron chi connectivity index (χ3n) is 1.38. The highest BCUT2D eigenvalue weighted by molar-refractivity contribution is 6.56. The van der Waals surface area contributed by atoms with E-state index in [1.54, 1.807) is 0 Å². The fraction of sp³-hybridized carbons (Fsp3) is 0.167. The Morgan fingerprint density at radius 2 is 2.00 bits per heavy atom. The quantitative estimate of drug-likeness (QED) is 0.529. The van der Waals surface area contributed by atoms with Crippen LogP contribution in [0, 0.1) is 0 Å². The minimum atomic E-state index is -1.99. The molecule has 1 amide bonds. The normalized spacial score (nSPS) is 19.0. The minimum Gasteiger partial charge on any atom is -0.477 e. The molecule has 76 valence electrons. The van der Waals surface area contributed by atoms with Gasteiger partial charge in [-0.15, -0.1) is 0 Å². The van der Waals surface area contributed by atoms with Crippen molar-refractivity contribution in [1.29, 1.82) is 0 Å². The van der Waals surface area contributed by atoms with Crippen LogP contribution in [0.2, 0.25) is 0 Å². The predicted molar refractivity (Wildman–Crippen MR) is 48.5 cm³/mol. The van der Waals surface area contributed by atoms with Crippen LogP contribution in [0.5, 0.6) is 0 Å². The van der Waals surface area contributed by atoms with Gasteiger partial charge in [0.05, 0.1) is 12.4 Å². The van der Waals surface area contributed by atoms with Crippen molar-refractivity contribution >= 4 is 41.5 Å². The molecule has 0 aromatic carbocycles. The molecule has 0 atom stereocenters. The molecule has 0 aromatic rings. The fourth-order valence-corrected chi connectivity index (χ4v) is 1.29. The summed E-state index contributed by atoms with van der Waals surface area (Å²) in [5, 5.41) is 17.3. The molecular formula is C6H4Cl2N2O4. The topological polar surface area (TPSA) is 90.2 Å². The Morgan fingerprint density at radius 1 is 1.43 bits per heavy atom. The van der Waals surface area contributed by atoms with Gasteiger partial charge < -0.3 is 10.2 Å². The summed E-state index contributed by atoms with van der Waals surface area (Å²) in [5.74, 6) is -1.48. The number of carboxylic acids is 1. The Hall–Kier alpha value is -1.27. The van der Waals surface area contributed by atoms with Crippen molar-refractivity contribution in [3.8, 4) is 0 Å². The van der Waals surface area contributed by atoms with Crippen molar-refractivity contribution < 1.29 is 19.8 Å². The van der Waals surface area contributed by atoms with Crippen LogP contribution in [0.3, 0.4) is 0 Å². The molecular weight excluding hydrogens is 235 g/mol. The zero-order chi connectivity index (χ0) is 10.9. The fourth-order valence-electron chi connectivity index (χ4n) is 0.855. The number of nitrogens with zero attached hydrogens (tertiary/aromatic N) is 2.